The van der Waals surface area contributed by atoms with Gasteiger partial charge in [-0.05, 0) is 30.3 Å². The molecule has 0 amide bonds. The fourth-order valence-corrected chi connectivity index (χ4v) is 5.03. The first-order valence-corrected chi connectivity index (χ1v) is 10.9. The van der Waals surface area contributed by atoms with Crippen molar-refractivity contribution in [1.29, 1.82) is 0 Å². The Morgan fingerprint density at radius 3 is 2.50 bits per heavy atom. The fraction of sp³-hybridized carbons (Fsp3) is 0.263. The van der Waals surface area contributed by atoms with Crippen molar-refractivity contribution in [3.63, 3.8) is 0 Å². The largest absolute Gasteiger partial charge is 0.309 e. The minimum absolute atomic E-state index is 0.128. The van der Waals surface area contributed by atoms with Gasteiger partial charge in [-0.3, -0.25) is 9.69 Å². The molecule has 1 aliphatic rings. The van der Waals surface area contributed by atoms with E-state index >= 15 is 0 Å². The fourth-order valence-electron chi connectivity index (χ4n) is 3.40. The highest BCUT2D eigenvalue weighted by Gasteiger charge is 2.31. The third kappa shape index (κ3) is 4.08. The lowest BCUT2D eigenvalue weighted by atomic mass is 10.2. The molecule has 2 heterocycles. The molecule has 0 saturated carbocycles. The first-order chi connectivity index (χ1) is 14.2. The molecule has 0 spiro atoms. The van der Waals surface area contributed by atoms with Gasteiger partial charge in [0.05, 0.1) is 17.4 Å². The number of hydrogen-bond acceptors (Lipinski definition) is 5. The zero-order valence-corrected chi connectivity index (χ0v) is 17.2. The number of aromatic amines is 1. The summed E-state index contributed by atoms with van der Waals surface area (Å²) in [6.45, 7) is 1.29. The molecule has 7 nitrogen and oxygen atoms in total. The average Bonchev–Trinajstić information content (AvgIpc) is 2.67. The Morgan fingerprint density at radius 1 is 1.07 bits per heavy atom. The summed E-state index contributed by atoms with van der Waals surface area (Å²) in [7, 11) is -4.07. The van der Waals surface area contributed by atoms with E-state index < -0.39 is 26.6 Å². The number of H-pyrrole nitrogens is 1. The van der Waals surface area contributed by atoms with Gasteiger partial charge in [0.25, 0.3) is 5.56 Å². The van der Waals surface area contributed by atoms with Crippen LogP contribution in [-0.4, -0.2) is 53.8 Å². The number of fused-ring (bicyclic) bond motifs is 1. The molecule has 11 heteroatoms. The minimum Gasteiger partial charge on any atom is -0.309 e. The van der Waals surface area contributed by atoms with Gasteiger partial charge in [0, 0.05) is 37.3 Å². The van der Waals surface area contributed by atoms with Gasteiger partial charge in [-0.1, -0.05) is 11.6 Å². The number of aromatic nitrogens is 2. The maximum atomic E-state index is 14.0. The highest BCUT2D eigenvalue weighted by atomic mass is 35.5. The van der Waals surface area contributed by atoms with Crippen LogP contribution in [0.15, 0.2) is 46.1 Å². The summed E-state index contributed by atoms with van der Waals surface area (Å²) in [6.07, 6.45) is 0. The van der Waals surface area contributed by atoms with E-state index in [0.29, 0.717) is 47.5 Å². The molecule has 4 rings (SSSR count). The van der Waals surface area contributed by atoms with E-state index in [1.54, 1.807) is 18.2 Å². The van der Waals surface area contributed by atoms with Crippen LogP contribution in [0.4, 0.5) is 8.78 Å². The van der Waals surface area contributed by atoms with Crippen molar-refractivity contribution in [2.45, 2.75) is 11.4 Å². The molecule has 1 aromatic heterocycles. The topological polar surface area (TPSA) is 86.4 Å². The molecule has 1 aliphatic heterocycles. The van der Waals surface area contributed by atoms with Crippen molar-refractivity contribution in [2.75, 3.05) is 26.2 Å². The molecule has 3 aromatic rings. The van der Waals surface area contributed by atoms with Crippen molar-refractivity contribution >= 4 is 32.5 Å². The quantitative estimate of drug-likeness (QED) is 0.654. The predicted molar refractivity (Wildman–Crippen MR) is 108 cm³/mol. The lowest BCUT2D eigenvalue weighted by Crippen LogP contribution is -2.48. The van der Waals surface area contributed by atoms with Gasteiger partial charge in [-0.25, -0.2) is 22.2 Å². The Kier molecular flexibility index (Phi) is 5.58. The van der Waals surface area contributed by atoms with Crippen LogP contribution in [0.5, 0.6) is 0 Å². The maximum absolute atomic E-state index is 14.0. The molecular formula is C19H17ClF2N4O3S. The van der Waals surface area contributed by atoms with Crippen LogP contribution >= 0.6 is 11.6 Å². The van der Waals surface area contributed by atoms with Crippen molar-refractivity contribution in [3.8, 4) is 0 Å². The van der Waals surface area contributed by atoms with Crippen molar-refractivity contribution < 1.29 is 17.2 Å². The second kappa shape index (κ2) is 8.03. The van der Waals surface area contributed by atoms with Crippen molar-refractivity contribution in [2.24, 2.45) is 0 Å². The minimum atomic E-state index is -4.07. The van der Waals surface area contributed by atoms with Crippen molar-refractivity contribution in [1.82, 2.24) is 19.2 Å². The van der Waals surface area contributed by atoms with E-state index in [2.05, 4.69) is 9.97 Å². The number of nitrogens with one attached hydrogen (secondary N) is 1. The molecule has 1 fully saturated rings. The maximum Gasteiger partial charge on any atom is 0.258 e. The van der Waals surface area contributed by atoms with Gasteiger partial charge >= 0.3 is 0 Å². The number of nitrogens with zero attached hydrogens (tertiary/aromatic N) is 3. The van der Waals surface area contributed by atoms with E-state index in [1.165, 1.54) is 0 Å². The second-order valence-electron chi connectivity index (χ2n) is 6.93. The van der Waals surface area contributed by atoms with Crippen LogP contribution in [0.25, 0.3) is 10.9 Å². The van der Waals surface area contributed by atoms with Gasteiger partial charge in [0.15, 0.2) is 0 Å². The van der Waals surface area contributed by atoms with E-state index in [0.717, 1.165) is 16.4 Å². The molecule has 158 valence electrons. The summed E-state index contributed by atoms with van der Waals surface area (Å²) < 4.78 is 53.6. The third-order valence-electron chi connectivity index (χ3n) is 4.93. The van der Waals surface area contributed by atoms with Gasteiger partial charge in [0.2, 0.25) is 10.0 Å². The SMILES string of the molecule is O=c1[nH]c(CN2CCN(S(=O)(=O)c3ccc(F)cc3F)CC2)nc2cc(Cl)ccc12. The number of piperazine rings is 1. The highest BCUT2D eigenvalue weighted by Crippen LogP contribution is 2.22. The number of benzene rings is 2. The smallest absolute Gasteiger partial charge is 0.258 e. The van der Waals surface area contributed by atoms with Crippen LogP contribution in [-0.2, 0) is 16.6 Å². The summed E-state index contributed by atoms with van der Waals surface area (Å²) in [4.78, 5) is 20.8. The average molecular weight is 455 g/mol. The number of hydrogen-bond donors (Lipinski definition) is 1. The first kappa shape index (κ1) is 20.9. The van der Waals surface area contributed by atoms with Crippen molar-refractivity contribution in [3.05, 3.63) is 69.2 Å². The molecule has 2 aromatic carbocycles. The zero-order chi connectivity index (χ0) is 21.5. The first-order valence-electron chi connectivity index (χ1n) is 9.10. The van der Waals surface area contributed by atoms with E-state index in [4.69, 9.17) is 11.6 Å². The Balaban J connectivity index is 1.47. The van der Waals surface area contributed by atoms with Gasteiger partial charge in [-0.15, -0.1) is 0 Å². The van der Waals surface area contributed by atoms with Crippen LogP contribution in [0.3, 0.4) is 0 Å². The van der Waals surface area contributed by atoms with E-state index in [-0.39, 0.29) is 18.6 Å². The van der Waals surface area contributed by atoms with Gasteiger partial charge in [0.1, 0.15) is 22.4 Å². The molecule has 30 heavy (non-hydrogen) atoms. The highest BCUT2D eigenvalue weighted by molar-refractivity contribution is 7.89. The third-order valence-corrected chi connectivity index (χ3v) is 7.10. The predicted octanol–water partition coefficient (Wildman–Crippen LogP) is 2.36. The summed E-state index contributed by atoms with van der Waals surface area (Å²) in [5.41, 5.74) is 0.203. The zero-order valence-electron chi connectivity index (χ0n) is 15.6. The summed E-state index contributed by atoms with van der Waals surface area (Å²) in [6, 6.07) is 7.23. The summed E-state index contributed by atoms with van der Waals surface area (Å²) in [5, 5.41) is 0.902. The molecule has 1 N–H and O–H groups in total. The molecular weight excluding hydrogens is 438 g/mol. The van der Waals surface area contributed by atoms with Crippen LogP contribution in [0.2, 0.25) is 5.02 Å². The number of rotatable bonds is 4. The number of halogens is 3. The van der Waals surface area contributed by atoms with Gasteiger partial charge < -0.3 is 4.98 Å². The van der Waals surface area contributed by atoms with Crippen LogP contribution in [0, 0.1) is 11.6 Å². The Labute approximate surface area is 176 Å². The normalized spacial score (nSPS) is 16.2. The monoisotopic (exact) mass is 454 g/mol. The summed E-state index contributed by atoms with van der Waals surface area (Å²) in [5.74, 6) is -1.51. The van der Waals surface area contributed by atoms with Gasteiger partial charge in [-0.2, -0.15) is 4.31 Å². The summed E-state index contributed by atoms with van der Waals surface area (Å²) >= 11 is 5.97. The van der Waals surface area contributed by atoms with E-state index in [1.807, 2.05) is 4.90 Å². The molecule has 0 radical (unpaired) electrons. The second-order valence-corrected chi connectivity index (χ2v) is 9.27. The molecule has 0 atom stereocenters. The molecule has 0 aliphatic carbocycles. The standard InChI is InChI=1S/C19H17ClF2N4O3S/c20-12-1-3-14-16(9-12)23-18(24-19(14)27)11-25-5-7-26(8-6-25)30(28,29)17-4-2-13(21)10-15(17)22/h1-4,9-10H,5-8,11H2,(H,23,24,27). The molecule has 1 saturated heterocycles. The lowest BCUT2D eigenvalue weighted by molar-refractivity contribution is 0.178. The Bertz CT molecular complexity index is 1270. The van der Waals surface area contributed by atoms with Crippen LogP contribution < -0.4 is 5.56 Å². The molecule has 0 unspecified atom stereocenters. The number of sulfonamides is 1. The van der Waals surface area contributed by atoms with Crippen LogP contribution in [0.1, 0.15) is 5.82 Å². The Morgan fingerprint density at radius 2 is 1.80 bits per heavy atom. The molecule has 0 bridgehead atoms. The Hall–Kier alpha value is -2.40. The lowest BCUT2D eigenvalue weighted by Gasteiger charge is -2.33. The van der Waals surface area contributed by atoms with E-state index in [9.17, 15) is 22.0 Å².